The molecule has 0 amide bonds. The van der Waals surface area contributed by atoms with Crippen LogP contribution in [-0.4, -0.2) is 68.0 Å². The summed E-state index contributed by atoms with van der Waals surface area (Å²) in [7, 11) is -1.35. The van der Waals surface area contributed by atoms with Gasteiger partial charge in [0.15, 0.2) is 11.6 Å². The molecule has 75 heavy (non-hydrogen) atoms. The van der Waals surface area contributed by atoms with Gasteiger partial charge in [0.05, 0.1) is 0 Å². The molecule has 0 fully saturated rings. The predicted molar refractivity (Wildman–Crippen MR) is 328 cm³/mol. The summed E-state index contributed by atoms with van der Waals surface area (Å²) < 4.78 is 7.74. The van der Waals surface area contributed by atoms with Crippen molar-refractivity contribution in [2.24, 2.45) is 23.7 Å². The second-order valence-corrected chi connectivity index (χ2v) is 56.6. The van der Waals surface area contributed by atoms with Crippen LogP contribution in [0.1, 0.15) is 167 Å². The minimum absolute atomic E-state index is 0.125. The van der Waals surface area contributed by atoms with Crippen LogP contribution in [0.2, 0.25) is 47.8 Å². The van der Waals surface area contributed by atoms with Crippen molar-refractivity contribution in [3.05, 3.63) is 164 Å². The molecule has 396 valence electrons. The van der Waals surface area contributed by atoms with E-state index < -0.39 is 44.8 Å². The van der Waals surface area contributed by atoms with Gasteiger partial charge in [0.2, 0.25) is 0 Å². The number of fused-ring (bicyclic) bond motifs is 4. The first-order chi connectivity index (χ1) is 35.6. The molecule has 0 aromatic heterocycles. The molecule has 0 bridgehead atoms. The van der Waals surface area contributed by atoms with Crippen molar-refractivity contribution in [3.63, 3.8) is 0 Å². The van der Waals surface area contributed by atoms with Gasteiger partial charge in [0.1, 0.15) is 8.07 Å². The van der Waals surface area contributed by atoms with Gasteiger partial charge in [0.25, 0.3) is 0 Å². The SMILES string of the molecule is CC1Cc2c(C#C[Si](C)(C)C)cccc2C1=O.CC1Cc2c(C=Cc3ccccc3)cccc2C1=O.CC1Cc2c(ccc[c]2[Sn]([CH3])([CH3])[CH3])C1=O.CCC[CH2][Sn]([CH2]CCC)([CH2]CCC)[c]1cccc2c1CC(C)C2=O. The monoisotopic (exact) mass is 1240 g/mol. The molecule has 5 aromatic carbocycles. The average molecular weight is 1230 g/mol. The van der Waals surface area contributed by atoms with E-state index in [0.29, 0.717) is 11.6 Å². The number of Topliss-reactive ketones (excluding diaryl/α,β-unsaturated/α-hetero) is 4. The van der Waals surface area contributed by atoms with Gasteiger partial charge in [-0.05, 0) is 41.2 Å². The zero-order valence-corrected chi connectivity index (χ0v) is 54.8. The van der Waals surface area contributed by atoms with Crippen LogP contribution in [0.3, 0.4) is 0 Å². The molecule has 0 spiro atoms. The van der Waals surface area contributed by atoms with Gasteiger partial charge in [-0.1, -0.05) is 112 Å². The zero-order valence-electron chi connectivity index (χ0n) is 48.1. The first-order valence-electron chi connectivity index (χ1n) is 28.6. The molecule has 0 radical (unpaired) electrons. The third-order valence-corrected chi connectivity index (χ3v) is 38.5. The molecule has 4 atom stereocenters. The number of carbonyl (C=O) groups is 4. The molecule has 4 unspecified atom stereocenters. The molecule has 0 saturated carbocycles. The fourth-order valence-corrected chi connectivity index (χ4v) is 34.2. The Kier molecular flexibility index (Phi) is 21.6. The second kappa shape index (κ2) is 27.0. The average Bonchev–Trinajstić information content (AvgIpc) is 4.07. The molecular weight excluding hydrogens is 1150 g/mol. The van der Waals surface area contributed by atoms with Gasteiger partial charge < -0.3 is 0 Å². The molecule has 4 nitrogen and oxygen atoms in total. The Hall–Kier alpha value is -4.11. The number of unbranched alkanes of at least 4 members (excludes halogenated alkanes) is 3. The Morgan fingerprint density at radius 1 is 0.480 bits per heavy atom. The van der Waals surface area contributed by atoms with Crippen LogP contribution in [0.15, 0.2) is 103 Å². The summed E-state index contributed by atoms with van der Waals surface area (Å²) >= 11 is -4.46. The first kappa shape index (κ1) is 60.1. The summed E-state index contributed by atoms with van der Waals surface area (Å²) in [5, 5.41) is 0. The number of benzene rings is 5. The van der Waals surface area contributed by atoms with Crippen LogP contribution in [0.4, 0.5) is 0 Å². The minimum atomic E-state index is -2.42. The van der Waals surface area contributed by atoms with Crippen LogP contribution < -0.4 is 7.16 Å². The third-order valence-electron chi connectivity index (χ3n) is 15.9. The van der Waals surface area contributed by atoms with E-state index in [9.17, 15) is 19.2 Å². The second-order valence-electron chi connectivity index (χ2n) is 24.3. The number of hydrogen-bond acceptors (Lipinski definition) is 4. The summed E-state index contributed by atoms with van der Waals surface area (Å²) in [4.78, 5) is 55.6. The molecule has 4 aliphatic rings. The van der Waals surface area contributed by atoms with Crippen LogP contribution in [0.5, 0.6) is 0 Å². The zero-order chi connectivity index (χ0) is 54.7. The summed E-state index contributed by atoms with van der Waals surface area (Å²) in [6.07, 6.45) is 16.0. The Labute approximate surface area is 462 Å². The van der Waals surface area contributed by atoms with E-state index in [0.717, 1.165) is 59.1 Å². The molecule has 9 rings (SSSR count). The van der Waals surface area contributed by atoms with Crippen LogP contribution in [-0.2, 0) is 25.7 Å². The molecule has 5 aromatic rings. The van der Waals surface area contributed by atoms with Crippen molar-refractivity contribution in [3.8, 4) is 11.5 Å². The van der Waals surface area contributed by atoms with Crippen molar-refractivity contribution < 1.29 is 19.2 Å². The molecule has 0 heterocycles. The van der Waals surface area contributed by atoms with Crippen molar-refractivity contribution >= 4 is 87.3 Å². The van der Waals surface area contributed by atoms with Crippen LogP contribution in [0, 0.1) is 35.1 Å². The van der Waals surface area contributed by atoms with E-state index in [1.807, 2.05) is 75.4 Å². The van der Waals surface area contributed by atoms with Gasteiger partial charge in [-0.2, -0.15) is 0 Å². The van der Waals surface area contributed by atoms with Gasteiger partial charge in [-0.25, -0.2) is 0 Å². The summed E-state index contributed by atoms with van der Waals surface area (Å²) in [5.41, 5.74) is 15.9. The Morgan fingerprint density at radius 3 is 1.35 bits per heavy atom. The molecule has 7 heteroatoms. The predicted octanol–water partition coefficient (Wildman–Crippen LogP) is 16.2. The van der Waals surface area contributed by atoms with Gasteiger partial charge in [0, 0.05) is 28.5 Å². The quantitative estimate of drug-likeness (QED) is 0.0669. The van der Waals surface area contributed by atoms with Crippen LogP contribution in [0.25, 0.3) is 12.2 Å². The normalized spacial score (nSPS) is 18.4. The van der Waals surface area contributed by atoms with E-state index >= 15 is 0 Å². The van der Waals surface area contributed by atoms with E-state index in [4.69, 9.17) is 0 Å². The maximum absolute atomic E-state index is 12.5. The van der Waals surface area contributed by atoms with E-state index in [2.05, 4.69) is 134 Å². The first-order valence-corrected chi connectivity index (χ1v) is 49.5. The van der Waals surface area contributed by atoms with Gasteiger partial charge in [-0.15, -0.1) is 5.54 Å². The van der Waals surface area contributed by atoms with Crippen molar-refractivity contribution in [1.29, 1.82) is 0 Å². The van der Waals surface area contributed by atoms with Gasteiger partial charge >= 0.3 is 250 Å². The number of carbonyl (C=O) groups excluding carboxylic acids is 4. The van der Waals surface area contributed by atoms with E-state index in [-0.39, 0.29) is 35.2 Å². The summed E-state index contributed by atoms with van der Waals surface area (Å²) in [6.45, 7) is 21.9. The number of hydrogen-bond donors (Lipinski definition) is 0. The summed E-state index contributed by atoms with van der Waals surface area (Å²) in [5.74, 6) is 5.25. The molecule has 4 aliphatic carbocycles. The van der Waals surface area contributed by atoms with Gasteiger partial charge in [-0.3, -0.25) is 9.59 Å². The fraction of sp³-hybridized carbons (Fsp3) is 0.441. The summed E-state index contributed by atoms with van der Waals surface area (Å²) in [6, 6.07) is 35.2. The van der Waals surface area contributed by atoms with E-state index in [1.165, 1.54) is 79.7 Å². The molecule has 0 N–H and O–H groups in total. The topological polar surface area (TPSA) is 68.3 Å². The fourth-order valence-electron chi connectivity index (χ4n) is 11.6. The Bertz CT molecular complexity index is 2900. The molecular formula is C68H88O4SiSn2. The van der Waals surface area contributed by atoms with Crippen molar-refractivity contribution in [2.45, 2.75) is 160 Å². The Morgan fingerprint density at radius 2 is 0.880 bits per heavy atom. The molecule has 0 saturated heterocycles. The third kappa shape index (κ3) is 15.1. The standard InChI is InChI=1S/C18H16O.C15H18OSi.2C10H9O.3C4H9.3CH3.2Sn/c1-13-12-17-15(8-5-9-16(17)18(13)19)11-10-14-6-3-2-4-7-14;1-11-10-14-12(8-9-17(2,3)4)6-5-7-13(14)15(11)16;2*1-7-6-8-4-2-3-5-9(8)10(7)11;3*1-3-4-2;;;;;/h2-11,13H,12H2,1H3;5-7,11H,10H2,1-4H3;2*2-3,5,7H,6H2,1H3;3*1,3-4H2,2H3;3*1H3;;. The molecule has 0 aliphatic heterocycles. The van der Waals surface area contributed by atoms with Crippen molar-refractivity contribution in [2.75, 3.05) is 0 Å². The maximum atomic E-state index is 12.5. The number of ketones is 4. The Balaban J connectivity index is 0.000000165. The van der Waals surface area contributed by atoms with Crippen LogP contribution >= 0.6 is 0 Å². The number of rotatable bonds is 13. The van der Waals surface area contributed by atoms with E-state index in [1.54, 1.807) is 7.16 Å². The van der Waals surface area contributed by atoms with Crippen molar-refractivity contribution in [1.82, 2.24) is 0 Å².